The van der Waals surface area contributed by atoms with Gasteiger partial charge in [-0.1, -0.05) is 18.2 Å². The highest BCUT2D eigenvalue weighted by Crippen LogP contribution is 2.13. The minimum atomic E-state index is -0.347. The van der Waals surface area contributed by atoms with Crippen LogP contribution in [0.4, 0.5) is 0 Å². The fraction of sp³-hybridized carbons (Fsp3) is 0.294. The molecule has 7 nitrogen and oxygen atoms in total. The monoisotopic (exact) mass is 326 g/mol. The Morgan fingerprint density at radius 3 is 2.17 bits per heavy atom. The van der Waals surface area contributed by atoms with Gasteiger partial charge in [-0.3, -0.25) is 14.4 Å². The highest BCUT2D eigenvalue weighted by molar-refractivity contribution is 5.96. The van der Waals surface area contributed by atoms with Crippen LogP contribution >= 0.6 is 0 Å². The predicted octanol–water partition coefficient (Wildman–Crippen LogP) is 0.677. The van der Waals surface area contributed by atoms with E-state index in [0.29, 0.717) is 31.7 Å². The number of aromatic nitrogens is 2. The van der Waals surface area contributed by atoms with Crippen LogP contribution in [0.1, 0.15) is 26.4 Å². The molecular formula is C17H18N4O3. The molecule has 0 bridgehead atoms. The highest BCUT2D eigenvalue weighted by Gasteiger charge is 2.26. The number of benzene rings is 1. The standard InChI is InChI=1S/C17H18N4O3/c1-12-4-2-3-5-13(12)16(23)20-8-10-21(11-9-20)17(24)14-6-7-15(22)19-18-14/h2-7H,8-11H2,1H3,(H,19,22). The Labute approximate surface area is 138 Å². The van der Waals surface area contributed by atoms with Crippen LogP contribution in [0.2, 0.25) is 0 Å². The van der Waals surface area contributed by atoms with Gasteiger partial charge in [-0.05, 0) is 24.6 Å². The van der Waals surface area contributed by atoms with Gasteiger partial charge < -0.3 is 9.80 Å². The summed E-state index contributed by atoms with van der Waals surface area (Å²) in [4.78, 5) is 39.3. The van der Waals surface area contributed by atoms with Gasteiger partial charge >= 0.3 is 0 Å². The van der Waals surface area contributed by atoms with Gasteiger partial charge in [0.2, 0.25) is 0 Å². The molecule has 2 amide bonds. The number of rotatable bonds is 2. The van der Waals surface area contributed by atoms with E-state index in [2.05, 4.69) is 10.2 Å². The van der Waals surface area contributed by atoms with Crippen molar-refractivity contribution in [2.24, 2.45) is 0 Å². The van der Waals surface area contributed by atoms with E-state index in [1.165, 1.54) is 12.1 Å². The molecule has 0 saturated carbocycles. The molecule has 0 aliphatic carbocycles. The second-order valence-electron chi connectivity index (χ2n) is 5.71. The predicted molar refractivity (Wildman–Crippen MR) is 87.8 cm³/mol. The lowest BCUT2D eigenvalue weighted by molar-refractivity contribution is 0.0531. The maximum absolute atomic E-state index is 12.6. The van der Waals surface area contributed by atoms with Crippen molar-refractivity contribution in [3.63, 3.8) is 0 Å². The summed E-state index contributed by atoms with van der Waals surface area (Å²) >= 11 is 0. The van der Waals surface area contributed by atoms with Crippen LogP contribution in [0.3, 0.4) is 0 Å². The first kappa shape index (κ1) is 15.9. The summed E-state index contributed by atoms with van der Waals surface area (Å²) < 4.78 is 0. The molecular weight excluding hydrogens is 308 g/mol. The van der Waals surface area contributed by atoms with Crippen LogP contribution in [-0.4, -0.2) is 58.0 Å². The van der Waals surface area contributed by atoms with E-state index < -0.39 is 0 Å². The van der Waals surface area contributed by atoms with E-state index in [0.717, 1.165) is 5.56 Å². The number of aryl methyl sites for hydroxylation is 1. The lowest BCUT2D eigenvalue weighted by atomic mass is 10.1. The van der Waals surface area contributed by atoms with Crippen molar-refractivity contribution >= 4 is 11.8 Å². The van der Waals surface area contributed by atoms with E-state index in [-0.39, 0.29) is 23.1 Å². The number of carbonyl (C=O) groups is 2. The normalized spacial score (nSPS) is 14.5. The lowest BCUT2D eigenvalue weighted by Crippen LogP contribution is -2.50. The number of aromatic amines is 1. The van der Waals surface area contributed by atoms with Gasteiger partial charge in [0.25, 0.3) is 17.4 Å². The zero-order chi connectivity index (χ0) is 17.1. The highest BCUT2D eigenvalue weighted by atomic mass is 16.2. The van der Waals surface area contributed by atoms with Crippen LogP contribution in [0.25, 0.3) is 0 Å². The number of piperazine rings is 1. The minimum Gasteiger partial charge on any atom is -0.335 e. The molecule has 2 aromatic rings. The van der Waals surface area contributed by atoms with Crippen molar-refractivity contribution in [1.29, 1.82) is 0 Å². The molecule has 1 aliphatic rings. The van der Waals surface area contributed by atoms with Crippen molar-refractivity contribution in [3.05, 3.63) is 63.6 Å². The molecule has 0 unspecified atom stereocenters. The topological polar surface area (TPSA) is 86.4 Å². The number of nitrogens with one attached hydrogen (secondary N) is 1. The van der Waals surface area contributed by atoms with Crippen molar-refractivity contribution in [1.82, 2.24) is 20.0 Å². The van der Waals surface area contributed by atoms with E-state index in [4.69, 9.17) is 0 Å². The molecule has 2 heterocycles. The zero-order valence-electron chi connectivity index (χ0n) is 13.4. The summed E-state index contributed by atoms with van der Waals surface area (Å²) in [6.07, 6.45) is 0. The molecule has 0 spiro atoms. The minimum absolute atomic E-state index is 0.0117. The molecule has 124 valence electrons. The van der Waals surface area contributed by atoms with Crippen molar-refractivity contribution in [3.8, 4) is 0 Å². The number of carbonyl (C=O) groups excluding carboxylic acids is 2. The third kappa shape index (κ3) is 3.19. The van der Waals surface area contributed by atoms with Crippen LogP contribution in [-0.2, 0) is 0 Å². The van der Waals surface area contributed by atoms with Gasteiger partial charge in [0.05, 0.1) is 0 Å². The molecule has 1 aromatic heterocycles. The maximum Gasteiger partial charge on any atom is 0.274 e. The third-order valence-corrected chi connectivity index (χ3v) is 4.13. The molecule has 1 saturated heterocycles. The first-order chi connectivity index (χ1) is 11.6. The summed E-state index contributed by atoms with van der Waals surface area (Å²) in [5, 5.41) is 6.01. The second-order valence-corrected chi connectivity index (χ2v) is 5.71. The summed E-state index contributed by atoms with van der Waals surface area (Å²) in [5.41, 5.74) is 1.49. The largest absolute Gasteiger partial charge is 0.335 e. The second kappa shape index (κ2) is 6.66. The Balaban J connectivity index is 1.64. The first-order valence-corrected chi connectivity index (χ1v) is 7.76. The van der Waals surface area contributed by atoms with Gasteiger partial charge in [-0.25, -0.2) is 5.10 Å². The number of amides is 2. The van der Waals surface area contributed by atoms with E-state index in [1.807, 2.05) is 31.2 Å². The number of hydrogen-bond donors (Lipinski definition) is 1. The number of H-pyrrole nitrogens is 1. The van der Waals surface area contributed by atoms with Gasteiger partial charge in [0.1, 0.15) is 5.69 Å². The molecule has 24 heavy (non-hydrogen) atoms. The summed E-state index contributed by atoms with van der Waals surface area (Å²) in [5.74, 6) is -0.253. The SMILES string of the molecule is Cc1ccccc1C(=O)N1CCN(C(=O)c2ccc(=O)[nH]n2)CC1. The van der Waals surface area contributed by atoms with Crippen LogP contribution in [0.5, 0.6) is 0 Å². The maximum atomic E-state index is 12.6. The Bertz CT molecular complexity index is 802. The summed E-state index contributed by atoms with van der Waals surface area (Å²) in [6.45, 7) is 3.74. The molecule has 0 atom stereocenters. The summed E-state index contributed by atoms with van der Waals surface area (Å²) in [7, 11) is 0. The van der Waals surface area contributed by atoms with Crippen LogP contribution < -0.4 is 5.56 Å². The molecule has 1 aromatic carbocycles. The quantitative estimate of drug-likeness (QED) is 0.879. The lowest BCUT2D eigenvalue weighted by Gasteiger charge is -2.34. The first-order valence-electron chi connectivity index (χ1n) is 7.76. The Morgan fingerprint density at radius 1 is 0.958 bits per heavy atom. The van der Waals surface area contributed by atoms with Crippen molar-refractivity contribution in [2.75, 3.05) is 26.2 Å². The van der Waals surface area contributed by atoms with Gasteiger partial charge in [-0.2, -0.15) is 5.10 Å². The van der Waals surface area contributed by atoms with Crippen molar-refractivity contribution < 1.29 is 9.59 Å². The molecule has 1 aliphatic heterocycles. The van der Waals surface area contributed by atoms with Crippen LogP contribution in [0.15, 0.2) is 41.2 Å². The van der Waals surface area contributed by atoms with Gasteiger partial charge in [0.15, 0.2) is 0 Å². The van der Waals surface area contributed by atoms with Crippen LogP contribution in [0, 0.1) is 6.92 Å². The molecule has 1 fully saturated rings. The fourth-order valence-electron chi connectivity index (χ4n) is 2.72. The molecule has 7 heteroatoms. The fourth-order valence-corrected chi connectivity index (χ4v) is 2.72. The average Bonchev–Trinajstić information content (AvgIpc) is 2.62. The Hall–Kier alpha value is -2.96. The smallest absolute Gasteiger partial charge is 0.274 e. The van der Waals surface area contributed by atoms with E-state index >= 15 is 0 Å². The molecule has 1 N–H and O–H groups in total. The Morgan fingerprint density at radius 2 is 1.58 bits per heavy atom. The number of nitrogens with zero attached hydrogens (tertiary/aromatic N) is 3. The van der Waals surface area contributed by atoms with E-state index in [1.54, 1.807) is 9.80 Å². The van der Waals surface area contributed by atoms with E-state index in [9.17, 15) is 14.4 Å². The van der Waals surface area contributed by atoms with Gasteiger partial charge in [0, 0.05) is 37.8 Å². The molecule has 0 radical (unpaired) electrons. The van der Waals surface area contributed by atoms with Gasteiger partial charge in [-0.15, -0.1) is 0 Å². The third-order valence-electron chi connectivity index (χ3n) is 4.13. The number of hydrogen-bond acceptors (Lipinski definition) is 4. The Kier molecular flexibility index (Phi) is 4.41. The van der Waals surface area contributed by atoms with Crippen molar-refractivity contribution in [2.45, 2.75) is 6.92 Å². The summed E-state index contributed by atoms with van der Waals surface area (Å²) in [6, 6.07) is 10.2. The average molecular weight is 326 g/mol. The molecule has 3 rings (SSSR count). The zero-order valence-corrected chi connectivity index (χ0v) is 13.4.